The van der Waals surface area contributed by atoms with Crippen LogP contribution in [0.25, 0.3) is 11.1 Å². The summed E-state index contributed by atoms with van der Waals surface area (Å²) in [5, 5.41) is 10.0. The van der Waals surface area contributed by atoms with Gasteiger partial charge >= 0.3 is 0 Å². The molecule has 1 N–H and O–H groups in total. The van der Waals surface area contributed by atoms with Gasteiger partial charge in [0.2, 0.25) is 0 Å². The van der Waals surface area contributed by atoms with Crippen LogP contribution in [0.2, 0.25) is 0 Å². The summed E-state index contributed by atoms with van der Waals surface area (Å²) in [6.07, 6.45) is 0.846. The molecule has 1 atom stereocenters. The van der Waals surface area contributed by atoms with Gasteiger partial charge in [0.1, 0.15) is 35.8 Å². The van der Waals surface area contributed by atoms with Crippen molar-refractivity contribution in [1.82, 2.24) is 4.90 Å². The highest BCUT2D eigenvalue weighted by Crippen LogP contribution is 2.47. The second-order valence-electron chi connectivity index (χ2n) is 9.18. The van der Waals surface area contributed by atoms with Gasteiger partial charge in [-0.1, -0.05) is 37.6 Å². The van der Waals surface area contributed by atoms with E-state index in [0.717, 1.165) is 46.0 Å². The van der Waals surface area contributed by atoms with Crippen molar-refractivity contribution in [2.24, 2.45) is 5.92 Å². The van der Waals surface area contributed by atoms with E-state index < -0.39 is 6.10 Å². The molecule has 0 amide bonds. The topological polar surface area (TPSA) is 41.9 Å². The van der Waals surface area contributed by atoms with E-state index in [1.807, 2.05) is 37.3 Å². The number of phenols is 1. The van der Waals surface area contributed by atoms with Crippen molar-refractivity contribution in [3.8, 4) is 17.2 Å². The molecule has 1 fully saturated rings. The molecule has 0 saturated carbocycles. The summed E-state index contributed by atoms with van der Waals surface area (Å²) in [4.78, 5) is 2.42. The Morgan fingerprint density at radius 3 is 2.59 bits per heavy atom. The summed E-state index contributed by atoms with van der Waals surface area (Å²) in [6.45, 7) is 8.19. The lowest BCUT2D eigenvalue weighted by atomic mass is 9.86. The molecule has 5 heteroatoms. The van der Waals surface area contributed by atoms with Crippen LogP contribution >= 0.6 is 0 Å². The molecule has 2 aliphatic heterocycles. The molecule has 0 spiro atoms. The predicted octanol–water partition coefficient (Wildman–Crippen LogP) is 6.32. The lowest BCUT2D eigenvalue weighted by Crippen LogP contribution is -2.47. The van der Waals surface area contributed by atoms with Gasteiger partial charge in [-0.05, 0) is 72.0 Å². The van der Waals surface area contributed by atoms with Crippen LogP contribution in [0.1, 0.15) is 43.1 Å². The maximum absolute atomic E-state index is 14.1. The number of fused-ring (bicyclic) bond motifs is 1. The minimum Gasteiger partial charge on any atom is -0.508 e. The first-order chi connectivity index (χ1) is 16.5. The number of benzene rings is 3. The molecule has 0 aromatic heterocycles. The van der Waals surface area contributed by atoms with Crippen LogP contribution in [0.15, 0.2) is 66.7 Å². The number of nitrogens with zero attached hydrogens (tertiary/aromatic N) is 1. The van der Waals surface area contributed by atoms with Gasteiger partial charge in [0.05, 0.1) is 0 Å². The average Bonchev–Trinajstić information content (AvgIpc) is 2.81. The molecule has 34 heavy (non-hydrogen) atoms. The van der Waals surface area contributed by atoms with Crippen molar-refractivity contribution >= 4 is 11.1 Å². The van der Waals surface area contributed by atoms with E-state index in [1.54, 1.807) is 24.3 Å². The summed E-state index contributed by atoms with van der Waals surface area (Å²) < 4.78 is 26.5. The number of likely N-dealkylation sites (tertiary alicyclic amines) is 1. The zero-order valence-electron chi connectivity index (χ0n) is 19.6. The Kier molecular flexibility index (Phi) is 6.29. The third kappa shape index (κ3) is 4.53. The number of rotatable bonds is 7. The fourth-order valence-electron chi connectivity index (χ4n) is 4.85. The van der Waals surface area contributed by atoms with Crippen LogP contribution in [0.3, 0.4) is 0 Å². The van der Waals surface area contributed by atoms with Crippen molar-refractivity contribution in [3.63, 3.8) is 0 Å². The second kappa shape index (κ2) is 9.51. The number of phenolic OH excluding ortho intramolecular Hbond substituents is 1. The fraction of sp³-hybridized carbons (Fsp3) is 0.310. The Morgan fingerprint density at radius 2 is 1.85 bits per heavy atom. The Bertz CT molecular complexity index is 1200. The van der Waals surface area contributed by atoms with Crippen LogP contribution in [0.5, 0.6) is 17.2 Å². The Morgan fingerprint density at radius 1 is 1.06 bits per heavy atom. The molecule has 5 rings (SSSR count). The Labute approximate surface area is 200 Å². The first-order valence-electron chi connectivity index (χ1n) is 11.9. The Balaban J connectivity index is 1.38. The van der Waals surface area contributed by atoms with E-state index in [0.29, 0.717) is 12.4 Å². The molecule has 2 aliphatic rings. The molecule has 3 aromatic carbocycles. The standard InChI is InChI=1S/C29H30FNO3/c1-3-20-17-31(18-20)13-14-33-25-10-7-21(8-11-25)29-28(22-5-4-6-23(30)15-22)19(2)26-16-24(32)9-12-27(26)34-29/h4-12,15-16,20,29,32H,3,13-14,17-18H2,1-2H3. The zero-order chi connectivity index (χ0) is 23.7. The highest BCUT2D eigenvalue weighted by molar-refractivity contribution is 5.95. The van der Waals surface area contributed by atoms with Crippen molar-refractivity contribution in [3.05, 3.63) is 89.2 Å². The van der Waals surface area contributed by atoms with Crippen molar-refractivity contribution in [1.29, 1.82) is 0 Å². The summed E-state index contributed by atoms with van der Waals surface area (Å²) in [7, 11) is 0. The maximum Gasteiger partial charge on any atom is 0.150 e. The SMILES string of the molecule is CCC1CN(CCOc2ccc(C3Oc4ccc(O)cc4C(C)=C3c3cccc(F)c3)cc2)C1. The third-order valence-corrected chi connectivity index (χ3v) is 6.88. The first-order valence-corrected chi connectivity index (χ1v) is 11.9. The Hall–Kier alpha value is -3.31. The second-order valence-corrected chi connectivity index (χ2v) is 9.18. The van der Waals surface area contributed by atoms with Crippen molar-refractivity contribution < 1.29 is 19.0 Å². The average molecular weight is 460 g/mol. The van der Waals surface area contributed by atoms with E-state index >= 15 is 0 Å². The van der Waals surface area contributed by atoms with Gasteiger partial charge in [-0.15, -0.1) is 0 Å². The van der Waals surface area contributed by atoms with Crippen molar-refractivity contribution in [2.75, 3.05) is 26.2 Å². The summed E-state index contributed by atoms with van der Waals surface area (Å²) >= 11 is 0. The number of ether oxygens (including phenoxy) is 2. The lowest BCUT2D eigenvalue weighted by Gasteiger charge is -2.38. The van der Waals surface area contributed by atoms with Gasteiger partial charge in [0.25, 0.3) is 0 Å². The fourth-order valence-corrected chi connectivity index (χ4v) is 4.85. The van der Waals surface area contributed by atoms with E-state index in [4.69, 9.17) is 9.47 Å². The molecule has 0 radical (unpaired) electrons. The minimum atomic E-state index is -0.403. The molecule has 0 bridgehead atoms. The molecule has 2 heterocycles. The molecular weight excluding hydrogens is 429 g/mol. The molecule has 1 unspecified atom stereocenters. The van der Waals surface area contributed by atoms with Gasteiger partial charge in [0.15, 0.2) is 0 Å². The molecule has 0 aliphatic carbocycles. The van der Waals surface area contributed by atoms with Gasteiger partial charge < -0.3 is 14.6 Å². The van der Waals surface area contributed by atoms with Crippen molar-refractivity contribution in [2.45, 2.75) is 26.4 Å². The summed E-state index contributed by atoms with van der Waals surface area (Å²) in [5.41, 5.74) is 4.37. The molecule has 3 aromatic rings. The molecular formula is C29H30FNO3. The molecule has 176 valence electrons. The first kappa shape index (κ1) is 22.5. The van der Waals surface area contributed by atoms with Gasteiger partial charge in [-0.3, -0.25) is 4.90 Å². The van der Waals surface area contributed by atoms with E-state index in [2.05, 4.69) is 11.8 Å². The summed E-state index contributed by atoms with van der Waals surface area (Å²) in [5.74, 6) is 2.23. The smallest absolute Gasteiger partial charge is 0.150 e. The van der Waals surface area contributed by atoms with Crippen LogP contribution in [-0.4, -0.2) is 36.2 Å². The lowest BCUT2D eigenvalue weighted by molar-refractivity contribution is 0.0806. The largest absolute Gasteiger partial charge is 0.508 e. The van der Waals surface area contributed by atoms with Gasteiger partial charge in [-0.2, -0.15) is 0 Å². The number of allylic oxidation sites excluding steroid dienone is 1. The third-order valence-electron chi connectivity index (χ3n) is 6.88. The van der Waals surface area contributed by atoms with E-state index in [1.165, 1.54) is 31.6 Å². The van der Waals surface area contributed by atoms with Crippen LogP contribution in [0, 0.1) is 11.7 Å². The van der Waals surface area contributed by atoms with Crippen LogP contribution in [0.4, 0.5) is 4.39 Å². The van der Waals surface area contributed by atoms with Crippen LogP contribution < -0.4 is 9.47 Å². The zero-order valence-corrected chi connectivity index (χ0v) is 19.6. The van der Waals surface area contributed by atoms with Crippen LogP contribution in [-0.2, 0) is 0 Å². The maximum atomic E-state index is 14.1. The number of aromatic hydroxyl groups is 1. The highest BCUT2D eigenvalue weighted by atomic mass is 19.1. The predicted molar refractivity (Wildman–Crippen MR) is 133 cm³/mol. The highest BCUT2D eigenvalue weighted by Gasteiger charge is 2.30. The molecule has 1 saturated heterocycles. The summed E-state index contributed by atoms with van der Waals surface area (Å²) in [6, 6.07) is 19.6. The van der Waals surface area contributed by atoms with Gasteiger partial charge in [0, 0.05) is 30.8 Å². The minimum absolute atomic E-state index is 0.170. The number of halogens is 1. The number of hydrogen-bond acceptors (Lipinski definition) is 4. The monoisotopic (exact) mass is 459 g/mol. The normalized spacial score (nSPS) is 18.3. The molecule has 4 nitrogen and oxygen atoms in total. The van der Waals surface area contributed by atoms with Gasteiger partial charge in [-0.25, -0.2) is 4.39 Å². The van der Waals surface area contributed by atoms with E-state index in [9.17, 15) is 9.50 Å². The van der Waals surface area contributed by atoms with E-state index in [-0.39, 0.29) is 11.6 Å². The number of hydrogen-bond donors (Lipinski definition) is 1. The quantitative estimate of drug-likeness (QED) is 0.449.